The van der Waals surface area contributed by atoms with Gasteiger partial charge in [0, 0.05) is 42.2 Å². The van der Waals surface area contributed by atoms with Crippen LogP contribution in [0.4, 0.5) is 20.3 Å². The number of halogens is 2. The maximum absolute atomic E-state index is 13.9. The Bertz CT molecular complexity index is 904. The Morgan fingerprint density at radius 1 is 1.30 bits per heavy atom. The largest absolute Gasteiger partial charge is 0.356 e. The van der Waals surface area contributed by atoms with Gasteiger partial charge in [-0.2, -0.15) is 0 Å². The van der Waals surface area contributed by atoms with Gasteiger partial charge in [0.25, 0.3) is 5.91 Å². The van der Waals surface area contributed by atoms with Gasteiger partial charge in [0.05, 0.1) is 5.56 Å². The average Bonchev–Trinajstić information content (AvgIpc) is 2.92. The van der Waals surface area contributed by atoms with Gasteiger partial charge in [-0.15, -0.1) is 18.3 Å². The summed E-state index contributed by atoms with van der Waals surface area (Å²) in [6.45, 7) is 4.36. The number of rotatable bonds is 7. The van der Waals surface area contributed by atoms with Crippen molar-refractivity contribution >= 4 is 29.2 Å². The van der Waals surface area contributed by atoms with Crippen LogP contribution >= 0.6 is 11.8 Å². The van der Waals surface area contributed by atoms with E-state index in [9.17, 15) is 13.6 Å². The monoisotopic (exact) mass is 431 g/mol. The van der Waals surface area contributed by atoms with Crippen molar-refractivity contribution in [2.24, 2.45) is 0 Å². The van der Waals surface area contributed by atoms with E-state index >= 15 is 0 Å². The lowest BCUT2D eigenvalue weighted by Gasteiger charge is -2.24. The van der Waals surface area contributed by atoms with E-state index in [0.717, 1.165) is 17.0 Å². The third-order valence-electron chi connectivity index (χ3n) is 5.13. The minimum atomic E-state index is -2.67. The number of pyridine rings is 1. The van der Waals surface area contributed by atoms with Crippen LogP contribution in [0.25, 0.3) is 0 Å². The Morgan fingerprint density at radius 3 is 2.90 bits per heavy atom. The maximum Gasteiger partial charge on any atom is 0.259 e. The molecule has 1 fully saturated rings. The predicted octanol–water partition coefficient (Wildman–Crippen LogP) is 5.80. The molecule has 0 bridgehead atoms. The molecule has 3 rings (SSSR count). The molecule has 1 amide bonds. The Morgan fingerprint density at radius 2 is 2.13 bits per heavy atom. The molecule has 30 heavy (non-hydrogen) atoms. The molecule has 1 N–H and O–H groups in total. The number of carbonyl (C=O) groups excluding carboxylic acids is 1. The third-order valence-corrected chi connectivity index (χ3v) is 5.85. The van der Waals surface area contributed by atoms with Crippen LogP contribution in [0.1, 0.15) is 41.7 Å². The number of anilines is 2. The van der Waals surface area contributed by atoms with Crippen LogP contribution in [-0.2, 0) is 6.42 Å². The van der Waals surface area contributed by atoms with Crippen molar-refractivity contribution < 1.29 is 13.6 Å². The van der Waals surface area contributed by atoms with E-state index in [1.165, 1.54) is 0 Å². The fourth-order valence-corrected chi connectivity index (χ4v) is 3.93. The molecule has 7 heteroatoms. The number of aromatic nitrogens is 1. The summed E-state index contributed by atoms with van der Waals surface area (Å²) in [4.78, 5) is 20.6. The molecule has 1 aliphatic rings. The van der Waals surface area contributed by atoms with Gasteiger partial charge in [-0.25, -0.2) is 13.8 Å². The zero-order valence-electron chi connectivity index (χ0n) is 17.2. The molecule has 160 valence electrons. The molecule has 1 aliphatic heterocycles. The molecule has 0 radical (unpaired) electrons. The second-order valence-corrected chi connectivity index (χ2v) is 8.26. The van der Waals surface area contributed by atoms with Crippen molar-refractivity contribution in [3.05, 3.63) is 60.3 Å². The van der Waals surface area contributed by atoms with E-state index in [4.69, 9.17) is 0 Å². The number of hydrogen-bond donors (Lipinski definition) is 1. The van der Waals surface area contributed by atoms with Gasteiger partial charge in [0.1, 0.15) is 5.82 Å². The van der Waals surface area contributed by atoms with Gasteiger partial charge >= 0.3 is 0 Å². The summed E-state index contributed by atoms with van der Waals surface area (Å²) in [5.41, 5.74) is 1.91. The fraction of sp³-hybridized carbons (Fsp3) is 0.391. The van der Waals surface area contributed by atoms with Crippen LogP contribution in [-0.4, -0.2) is 36.2 Å². The first-order valence-corrected chi connectivity index (χ1v) is 11.3. The van der Waals surface area contributed by atoms with E-state index in [2.05, 4.69) is 16.9 Å². The van der Waals surface area contributed by atoms with Crippen molar-refractivity contribution in [3.8, 4) is 0 Å². The molecule has 0 unspecified atom stereocenters. The summed E-state index contributed by atoms with van der Waals surface area (Å²) in [6.07, 6.45) is 5.23. The summed E-state index contributed by atoms with van der Waals surface area (Å²) in [5, 5.41) is 2.92. The Kier molecular flexibility index (Phi) is 7.48. The molecule has 0 atom stereocenters. The molecule has 1 saturated heterocycles. The number of carbonyl (C=O) groups is 1. The van der Waals surface area contributed by atoms with Crippen molar-refractivity contribution in [2.75, 3.05) is 29.6 Å². The second-order valence-electron chi connectivity index (χ2n) is 7.38. The molecule has 2 aromatic rings. The van der Waals surface area contributed by atoms with Crippen LogP contribution < -0.4 is 10.2 Å². The van der Waals surface area contributed by atoms with Crippen molar-refractivity contribution in [2.45, 2.75) is 42.9 Å². The van der Waals surface area contributed by atoms with Crippen LogP contribution in [0.5, 0.6) is 0 Å². The topological polar surface area (TPSA) is 45.2 Å². The van der Waals surface area contributed by atoms with Crippen molar-refractivity contribution in [1.29, 1.82) is 0 Å². The SMILES string of the molecule is C=CCCc1ccc(C(=O)Nc2cccc(SC)c2)c(N2CCCC(F)(F)CC2)n1. The maximum atomic E-state index is 13.9. The van der Waals surface area contributed by atoms with Gasteiger partial charge in [0.15, 0.2) is 0 Å². The summed E-state index contributed by atoms with van der Waals surface area (Å²) in [6, 6.07) is 11.2. The molecule has 4 nitrogen and oxygen atoms in total. The van der Waals surface area contributed by atoms with Gasteiger partial charge in [-0.05, 0) is 55.9 Å². The van der Waals surface area contributed by atoms with Crippen LogP contribution in [0.3, 0.4) is 0 Å². The summed E-state index contributed by atoms with van der Waals surface area (Å²) in [7, 11) is 0. The number of nitrogens with zero attached hydrogens (tertiary/aromatic N) is 2. The van der Waals surface area contributed by atoms with E-state index in [1.807, 2.05) is 47.6 Å². The lowest BCUT2D eigenvalue weighted by molar-refractivity contribution is -0.0102. The van der Waals surface area contributed by atoms with Crippen molar-refractivity contribution in [3.63, 3.8) is 0 Å². The minimum absolute atomic E-state index is 0.136. The van der Waals surface area contributed by atoms with Crippen LogP contribution in [0.2, 0.25) is 0 Å². The number of benzene rings is 1. The fourth-order valence-electron chi connectivity index (χ4n) is 3.47. The van der Waals surface area contributed by atoms with E-state index < -0.39 is 5.92 Å². The lowest BCUT2D eigenvalue weighted by Crippen LogP contribution is -2.29. The Labute approximate surface area is 180 Å². The molecule has 0 saturated carbocycles. The molecular formula is C23H27F2N3OS. The van der Waals surface area contributed by atoms with E-state index in [-0.39, 0.29) is 25.3 Å². The highest BCUT2D eigenvalue weighted by Crippen LogP contribution is 2.31. The highest BCUT2D eigenvalue weighted by Gasteiger charge is 2.33. The first-order chi connectivity index (χ1) is 14.4. The van der Waals surface area contributed by atoms with Crippen LogP contribution in [0.15, 0.2) is 53.9 Å². The summed E-state index contributed by atoms with van der Waals surface area (Å²) < 4.78 is 27.8. The summed E-state index contributed by atoms with van der Waals surface area (Å²) in [5.74, 6) is -2.48. The third kappa shape index (κ3) is 5.81. The zero-order chi connectivity index (χ0) is 21.6. The molecule has 0 spiro atoms. The number of aryl methyl sites for hydroxylation is 1. The van der Waals surface area contributed by atoms with Crippen molar-refractivity contribution in [1.82, 2.24) is 4.98 Å². The minimum Gasteiger partial charge on any atom is -0.356 e. The summed E-state index contributed by atoms with van der Waals surface area (Å²) >= 11 is 1.59. The number of amides is 1. The molecule has 0 aliphatic carbocycles. The smallest absolute Gasteiger partial charge is 0.259 e. The van der Waals surface area contributed by atoms with E-state index in [1.54, 1.807) is 17.8 Å². The number of alkyl halides is 2. The standard InChI is InChI=1S/C23H27F2N3OS/c1-3-4-7-17-10-11-20(22(29)27-18-8-5-9-19(16-18)30-2)21(26-17)28-14-6-12-23(24,25)13-15-28/h3,5,8-11,16H,1,4,6-7,12-15H2,2H3,(H,27,29). The second kappa shape index (κ2) is 10.1. The van der Waals surface area contributed by atoms with Gasteiger partial charge in [-0.1, -0.05) is 12.1 Å². The average molecular weight is 432 g/mol. The molecular weight excluding hydrogens is 404 g/mol. The number of hydrogen-bond acceptors (Lipinski definition) is 4. The number of thioether (sulfide) groups is 1. The molecule has 2 heterocycles. The van der Waals surface area contributed by atoms with Gasteiger partial charge in [-0.3, -0.25) is 4.79 Å². The first-order valence-electron chi connectivity index (χ1n) is 10.1. The number of nitrogens with one attached hydrogen (secondary N) is 1. The highest BCUT2D eigenvalue weighted by molar-refractivity contribution is 7.98. The quantitative estimate of drug-likeness (QED) is 0.445. The first kappa shape index (κ1) is 22.3. The highest BCUT2D eigenvalue weighted by atomic mass is 32.2. The Balaban J connectivity index is 1.89. The predicted molar refractivity (Wildman–Crippen MR) is 120 cm³/mol. The Hall–Kier alpha value is -2.41. The molecule has 1 aromatic carbocycles. The van der Waals surface area contributed by atoms with Gasteiger partial charge in [0.2, 0.25) is 5.92 Å². The molecule has 1 aromatic heterocycles. The zero-order valence-corrected chi connectivity index (χ0v) is 18.0. The normalized spacial score (nSPS) is 16.0. The van der Waals surface area contributed by atoms with E-state index in [0.29, 0.717) is 36.5 Å². The number of allylic oxidation sites excluding steroid dienone is 1. The van der Waals surface area contributed by atoms with Crippen LogP contribution in [0, 0.1) is 0 Å². The van der Waals surface area contributed by atoms with Gasteiger partial charge < -0.3 is 10.2 Å². The lowest BCUT2D eigenvalue weighted by atomic mass is 10.1.